The molecule has 7 heteroatoms. The number of ether oxygens (including phenoxy) is 2. The van der Waals surface area contributed by atoms with Gasteiger partial charge < -0.3 is 19.3 Å². The molecule has 31 heavy (non-hydrogen) atoms. The van der Waals surface area contributed by atoms with Gasteiger partial charge in [0, 0.05) is 5.69 Å². The highest BCUT2D eigenvalue weighted by Crippen LogP contribution is 2.18. The fourth-order valence-electron chi connectivity index (χ4n) is 3.17. The smallest absolute Gasteiger partial charge is 0.310 e. The Hall–Kier alpha value is -3.61. The Morgan fingerprint density at radius 3 is 2.29 bits per heavy atom. The van der Waals surface area contributed by atoms with E-state index in [2.05, 4.69) is 10.5 Å². The summed E-state index contributed by atoms with van der Waals surface area (Å²) in [7, 11) is 0. The van der Waals surface area contributed by atoms with Crippen molar-refractivity contribution in [1.82, 2.24) is 5.16 Å². The van der Waals surface area contributed by atoms with Crippen molar-refractivity contribution in [2.45, 2.75) is 40.7 Å². The van der Waals surface area contributed by atoms with E-state index in [4.69, 9.17) is 14.0 Å². The van der Waals surface area contributed by atoms with Gasteiger partial charge in [0.15, 0.2) is 6.61 Å². The molecule has 0 atom stereocenters. The molecule has 2 aromatic carbocycles. The molecule has 0 fully saturated rings. The SMILES string of the molecule is Cc1cc(C)cc(NC(=O)COC(=O)Cc2ccc(OCc3c(C)noc3C)cc2)c1. The lowest BCUT2D eigenvalue weighted by Crippen LogP contribution is -2.21. The van der Waals surface area contributed by atoms with Crippen LogP contribution in [0.3, 0.4) is 0 Å². The third-order valence-corrected chi connectivity index (χ3v) is 4.71. The van der Waals surface area contributed by atoms with Crippen molar-refractivity contribution in [3.63, 3.8) is 0 Å². The largest absolute Gasteiger partial charge is 0.489 e. The monoisotopic (exact) mass is 422 g/mol. The van der Waals surface area contributed by atoms with Crippen molar-refractivity contribution < 1.29 is 23.6 Å². The first kappa shape index (κ1) is 22.1. The number of benzene rings is 2. The number of carbonyl (C=O) groups excluding carboxylic acids is 2. The van der Waals surface area contributed by atoms with E-state index in [0.717, 1.165) is 33.7 Å². The third kappa shape index (κ3) is 6.44. The highest BCUT2D eigenvalue weighted by atomic mass is 16.5. The lowest BCUT2D eigenvalue weighted by Gasteiger charge is -2.09. The minimum absolute atomic E-state index is 0.0704. The average molecular weight is 422 g/mol. The van der Waals surface area contributed by atoms with Gasteiger partial charge in [-0.15, -0.1) is 0 Å². The molecule has 0 aliphatic heterocycles. The Morgan fingerprint density at radius 1 is 1.00 bits per heavy atom. The minimum Gasteiger partial charge on any atom is -0.489 e. The van der Waals surface area contributed by atoms with Crippen LogP contribution in [0.15, 0.2) is 47.0 Å². The fourth-order valence-corrected chi connectivity index (χ4v) is 3.17. The second-order valence-corrected chi connectivity index (χ2v) is 7.50. The van der Waals surface area contributed by atoms with Crippen LogP contribution < -0.4 is 10.1 Å². The van der Waals surface area contributed by atoms with Crippen LogP contribution in [-0.4, -0.2) is 23.6 Å². The first-order valence-electron chi connectivity index (χ1n) is 9.97. The maximum Gasteiger partial charge on any atom is 0.310 e. The van der Waals surface area contributed by atoms with Gasteiger partial charge in [-0.2, -0.15) is 0 Å². The summed E-state index contributed by atoms with van der Waals surface area (Å²) in [6.45, 7) is 7.65. The minimum atomic E-state index is -0.472. The van der Waals surface area contributed by atoms with Crippen LogP contribution in [0.5, 0.6) is 5.75 Å². The molecule has 0 aliphatic carbocycles. The van der Waals surface area contributed by atoms with Gasteiger partial charge in [-0.25, -0.2) is 0 Å². The zero-order valence-electron chi connectivity index (χ0n) is 18.2. The van der Waals surface area contributed by atoms with Gasteiger partial charge in [0.1, 0.15) is 18.1 Å². The summed E-state index contributed by atoms with van der Waals surface area (Å²) < 4.78 is 16.0. The fraction of sp³-hybridized carbons (Fsp3) is 0.292. The molecule has 1 amide bonds. The molecule has 0 aliphatic rings. The Bertz CT molecular complexity index is 1030. The van der Waals surface area contributed by atoms with E-state index in [-0.39, 0.29) is 18.9 Å². The summed E-state index contributed by atoms with van der Waals surface area (Å²) in [4.78, 5) is 24.1. The second-order valence-electron chi connectivity index (χ2n) is 7.50. The molecular formula is C24H26N2O5. The number of anilines is 1. The third-order valence-electron chi connectivity index (χ3n) is 4.71. The van der Waals surface area contributed by atoms with E-state index in [1.165, 1.54) is 0 Å². The summed E-state index contributed by atoms with van der Waals surface area (Å²) in [6.07, 6.45) is 0.0704. The summed E-state index contributed by atoms with van der Waals surface area (Å²) in [5, 5.41) is 6.64. The van der Waals surface area contributed by atoms with E-state index < -0.39 is 5.97 Å². The number of hydrogen-bond acceptors (Lipinski definition) is 6. The van der Waals surface area contributed by atoms with Crippen LogP contribution in [0.2, 0.25) is 0 Å². The van der Waals surface area contributed by atoms with Crippen molar-refractivity contribution in [3.05, 3.63) is 76.2 Å². The Morgan fingerprint density at radius 2 is 1.68 bits per heavy atom. The van der Waals surface area contributed by atoms with E-state index in [0.29, 0.717) is 18.0 Å². The number of aryl methyl sites for hydroxylation is 4. The standard InChI is InChI=1S/C24H26N2O5/c1-15-9-16(2)11-20(10-15)25-23(27)14-30-24(28)12-19-5-7-21(8-6-19)29-13-22-17(3)26-31-18(22)4/h5-11H,12-14H2,1-4H3,(H,25,27). The van der Waals surface area contributed by atoms with E-state index in [1.54, 1.807) is 24.3 Å². The zero-order chi connectivity index (χ0) is 22.4. The van der Waals surface area contributed by atoms with Crippen molar-refractivity contribution in [1.29, 1.82) is 0 Å². The molecule has 0 bridgehead atoms. The van der Waals surface area contributed by atoms with E-state index in [1.807, 2.05) is 45.9 Å². The molecule has 162 valence electrons. The molecule has 3 rings (SSSR count). The summed E-state index contributed by atoms with van der Waals surface area (Å²) in [5.41, 5.74) is 5.28. The molecule has 1 heterocycles. The van der Waals surface area contributed by atoms with E-state index >= 15 is 0 Å². The number of amides is 1. The number of hydrogen-bond donors (Lipinski definition) is 1. The van der Waals surface area contributed by atoms with Gasteiger partial charge >= 0.3 is 5.97 Å². The Balaban J connectivity index is 1.44. The zero-order valence-corrected chi connectivity index (χ0v) is 18.2. The molecule has 0 radical (unpaired) electrons. The van der Waals surface area contributed by atoms with Gasteiger partial charge in [0.25, 0.3) is 5.91 Å². The molecule has 0 saturated heterocycles. The average Bonchev–Trinajstić information content (AvgIpc) is 3.03. The quantitative estimate of drug-likeness (QED) is 0.547. The van der Waals surface area contributed by atoms with Gasteiger partial charge in [0.2, 0.25) is 0 Å². The molecular weight excluding hydrogens is 396 g/mol. The van der Waals surface area contributed by atoms with Crippen LogP contribution in [0.1, 0.15) is 33.7 Å². The van der Waals surface area contributed by atoms with Gasteiger partial charge in [-0.05, 0) is 68.7 Å². The molecule has 0 saturated carbocycles. The molecule has 0 unspecified atom stereocenters. The number of carbonyl (C=O) groups is 2. The number of rotatable bonds is 8. The van der Waals surface area contributed by atoms with E-state index in [9.17, 15) is 9.59 Å². The number of nitrogens with zero attached hydrogens (tertiary/aromatic N) is 1. The van der Waals surface area contributed by atoms with Crippen molar-refractivity contribution >= 4 is 17.6 Å². The Labute approximate surface area is 181 Å². The predicted octanol–water partition coefficient (Wildman–Crippen LogP) is 4.21. The first-order chi connectivity index (χ1) is 14.8. The van der Waals surface area contributed by atoms with Gasteiger partial charge in [0.05, 0.1) is 17.7 Å². The lowest BCUT2D eigenvalue weighted by molar-refractivity contribution is -0.146. The highest BCUT2D eigenvalue weighted by molar-refractivity contribution is 5.93. The van der Waals surface area contributed by atoms with Crippen molar-refractivity contribution in [2.24, 2.45) is 0 Å². The van der Waals surface area contributed by atoms with Crippen LogP contribution in [-0.2, 0) is 27.4 Å². The number of aromatic nitrogens is 1. The predicted molar refractivity (Wildman–Crippen MR) is 116 cm³/mol. The summed E-state index contributed by atoms with van der Waals surface area (Å²) in [6, 6.07) is 12.9. The summed E-state index contributed by atoms with van der Waals surface area (Å²) in [5.74, 6) is 0.560. The van der Waals surface area contributed by atoms with Crippen molar-refractivity contribution in [2.75, 3.05) is 11.9 Å². The van der Waals surface area contributed by atoms with Crippen LogP contribution >= 0.6 is 0 Å². The second kappa shape index (κ2) is 9.93. The van der Waals surface area contributed by atoms with Crippen LogP contribution in [0, 0.1) is 27.7 Å². The molecule has 3 aromatic rings. The van der Waals surface area contributed by atoms with Gasteiger partial charge in [-0.3, -0.25) is 9.59 Å². The topological polar surface area (TPSA) is 90.7 Å². The lowest BCUT2D eigenvalue weighted by atomic mass is 10.1. The number of esters is 1. The van der Waals surface area contributed by atoms with Crippen LogP contribution in [0.4, 0.5) is 5.69 Å². The van der Waals surface area contributed by atoms with Crippen molar-refractivity contribution in [3.8, 4) is 5.75 Å². The maximum atomic E-state index is 12.1. The summed E-state index contributed by atoms with van der Waals surface area (Å²) >= 11 is 0. The molecule has 0 spiro atoms. The normalized spacial score (nSPS) is 10.6. The Kier molecular flexibility index (Phi) is 7.07. The molecule has 7 nitrogen and oxygen atoms in total. The van der Waals surface area contributed by atoms with Gasteiger partial charge in [-0.1, -0.05) is 23.4 Å². The highest BCUT2D eigenvalue weighted by Gasteiger charge is 2.11. The maximum absolute atomic E-state index is 12.1. The first-order valence-corrected chi connectivity index (χ1v) is 9.97. The molecule has 1 N–H and O–H groups in total. The van der Waals surface area contributed by atoms with Crippen LogP contribution in [0.25, 0.3) is 0 Å². The molecule has 1 aromatic heterocycles. The number of nitrogens with one attached hydrogen (secondary N) is 1.